The zero-order valence-electron chi connectivity index (χ0n) is 11.7. The van der Waals surface area contributed by atoms with E-state index in [1.54, 1.807) is 0 Å². The molecule has 1 N–H and O–H groups in total. The van der Waals surface area contributed by atoms with Crippen LogP contribution in [-0.2, 0) is 0 Å². The van der Waals surface area contributed by atoms with Crippen molar-refractivity contribution in [2.45, 2.75) is 25.8 Å². The molecule has 0 spiro atoms. The molecule has 1 fully saturated rings. The number of nitrogens with one attached hydrogen (secondary N) is 1. The molecule has 2 rings (SSSR count). The van der Waals surface area contributed by atoms with Crippen LogP contribution in [0.2, 0.25) is 0 Å². The van der Waals surface area contributed by atoms with Crippen molar-refractivity contribution < 1.29 is 4.52 Å². The third kappa shape index (κ3) is 2.81. The lowest BCUT2D eigenvalue weighted by molar-refractivity contribution is 0.307. The van der Waals surface area contributed by atoms with E-state index < -0.39 is 0 Å². The molecule has 102 valence electrons. The third-order valence-electron chi connectivity index (χ3n) is 3.81. The number of rotatable bonds is 4. The van der Waals surface area contributed by atoms with Gasteiger partial charge >= 0.3 is 0 Å². The van der Waals surface area contributed by atoms with Crippen molar-refractivity contribution in [3.05, 3.63) is 5.89 Å². The molecule has 1 aromatic heterocycles. The van der Waals surface area contributed by atoms with Gasteiger partial charge in [0.05, 0.1) is 5.92 Å². The van der Waals surface area contributed by atoms with Crippen LogP contribution in [0, 0.1) is 0 Å². The van der Waals surface area contributed by atoms with E-state index in [2.05, 4.69) is 46.2 Å². The summed E-state index contributed by atoms with van der Waals surface area (Å²) in [5.74, 6) is 1.67. The summed E-state index contributed by atoms with van der Waals surface area (Å²) in [6, 6.07) is 0.325. The van der Waals surface area contributed by atoms with Crippen molar-refractivity contribution in [2.75, 3.05) is 45.2 Å². The molecule has 0 amide bonds. The Morgan fingerprint density at radius 1 is 1.22 bits per heavy atom. The van der Waals surface area contributed by atoms with Gasteiger partial charge < -0.3 is 19.6 Å². The van der Waals surface area contributed by atoms with Crippen LogP contribution in [-0.4, -0.2) is 61.4 Å². The van der Waals surface area contributed by atoms with E-state index in [4.69, 9.17) is 4.52 Å². The Morgan fingerprint density at radius 3 is 2.50 bits per heavy atom. The monoisotopic (exact) mass is 253 g/mol. The smallest absolute Gasteiger partial charge is 0.266 e. The fourth-order valence-corrected chi connectivity index (χ4v) is 2.01. The molecular weight excluding hydrogens is 230 g/mol. The molecule has 0 saturated carbocycles. The fraction of sp³-hybridized carbons (Fsp3) is 0.833. The molecule has 0 radical (unpaired) electrons. The lowest BCUT2D eigenvalue weighted by atomic mass is 10.0. The summed E-state index contributed by atoms with van der Waals surface area (Å²) in [5.41, 5.74) is 0. The first kappa shape index (κ1) is 13.3. The van der Waals surface area contributed by atoms with Gasteiger partial charge in [0.25, 0.3) is 5.95 Å². The first-order valence-electron chi connectivity index (χ1n) is 6.56. The molecule has 0 bridgehead atoms. The average Bonchev–Trinajstić information content (AvgIpc) is 2.87. The Kier molecular flexibility index (Phi) is 4.19. The summed E-state index contributed by atoms with van der Waals surface area (Å²) < 4.78 is 5.37. The maximum absolute atomic E-state index is 5.37. The highest BCUT2D eigenvalue weighted by atomic mass is 16.5. The normalized spacial score (nSPS) is 21.0. The SMILES string of the molecule is CNC(C)C(C)c1nc(N2CCN(C)CC2)no1. The molecule has 2 heterocycles. The fourth-order valence-electron chi connectivity index (χ4n) is 2.01. The Balaban J connectivity index is 2.01. The van der Waals surface area contributed by atoms with E-state index in [1.165, 1.54) is 0 Å². The number of aromatic nitrogens is 2. The number of nitrogens with zero attached hydrogens (tertiary/aromatic N) is 4. The van der Waals surface area contributed by atoms with Gasteiger partial charge in [0.1, 0.15) is 0 Å². The lowest BCUT2D eigenvalue weighted by Crippen LogP contribution is -2.44. The molecule has 0 aliphatic carbocycles. The molecule has 1 saturated heterocycles. The average molecular weight is 253 g/mol. The standard InChI is InChI=1S/C12H23N5O/c1-9(10(2)13-3)11-14-12(15-18-11)17-7-5-16(4)6-8-17/h9-10,13H,5-8H2,1-4H3. The van der Waals surface area contributed by atoms with Crippen molar-refractivity contribution >= 4 is 5.95 Å². The molecular formula is C12H23N5O. The molecule has 2 atom stereocenters. The van der Waals surface area contributed by atoms with Crippen LogP contribution in [0.25, 0.3) is 0 Å². The van der Waals surface area contributed by atoms with Crippen LogP contribution >= 0.6 is 0 Å². The Morgan fingerprint density at radius 2 is 1.89 bits per heavy atom. The molecule has 18 heavy (non-hydrogen) atoms. The van der Waals surface area contributed by atoms with Gasteiger partial charge in [0.15, 0.2) is 0 Å². The Bertz CT molecular complexity index is 372. The van der Waals surface area contributed by atoms with Crippen LogP contribution in [0.3, 0.4) is 0 Å². The topological polar surface area (TPSA) is 57.4 Å². The Hall–Kier alpha value is -1.14. The van der Waals surface area contributed by atoms with Crippen molar-refractivity contribution in [3.8, 4) is 0 Å². The number of anilines is 1. The summed E-state index contributed by atoms with van der Waals surface area (Å²) in [4.78, 5) is 9.01. The number of hydrogen-bond donors (Lipinski definition) is 1. The van der Waals surface area contributed by atoms with Crippen LogP contribution in [0.5, 0.6) is 0 Å². The van der Waals surface area contributed by atoms with Gasteiger partial charge in [-0.1, -0.05) is 6.92 Å². The van der Waals surface area contributed by atoms with Gasteiger partial charge in [-0.2, -0.15) is 4.98 Å². The minimum absolute atomic E-state index is 0.226. The van der Waals surface area contributed by atoms with Crippen LogP contribution in [0.15, 0.2) is 4.52 Å². The van der Waals surface area contributed by atoms with E-state index in [0.29, 0.717) is 11.9 Å². The lowest BCUT2D eigenvalue weighted by Gasteiger charge is -2.31. The molecule has 1 aliphatic rings. The number of hydrogen-bond acceptors (Lipinski definition) is 6. The van der Waals surface area contributed by atoms with E-state index in [1.807, 2.05) is 7.05 Å². The van der Waals surface area contributed by atoms with Gasteiger partial charge in [-0.25, -0.2) is 0 Å². The second-order valence-electron chi connectivity index (χ2n) is 5.09. The second-order valence-corrected chi connectivity index (χ2v) is 5.09. The van der Waals surface area contributed by atoms with Crippen LogP contribution in [0.1, 0.15) is 25.7 Å². The molecule has 6 heteroatoms. The van der Waals surface area contributed by atoms with Gasteiger partial charge in [0, 0.05) is 32.2 Å². The molecule has 2 unspecified atom stereocenters. The van der Waals surface area contributed by atoms with Gasteiger partial charge in [-0.05, 0) is 26.2 Å². The maximum Gasteiger partial charge on any atom is 0.266 e. The number of piperazine rings is 1. The summed E-state index contributed by atoms with van der Waals surface area (Å²) in [6.45, 7) is 8.24. The van der Waals surface area contributed by atoms with Crippen molar-refractivity contribution in [2.24, 2.45) is 0 Å². The molecule has 1 aliphatic heterocycles. The van der Waals surface area contributed by atoms with Gasteiger partial charge in [-0.3, -0.25) is 0 Å². The van der Waals surface area contributed by atoms with Crippen molar-refractivity contribution in [1.82, 2.24) is 20.4 Å². The maximum atomic E-state index is 5.37. The predicted octanol–water partition coefficient (Wildman–Crippen LogP) is 0.533. The largest absolute Gasteiger partial charge is 0.337 e. The highest BCUT2D eigenvalue weighted by Crippen LogP contribution is 2.20. The first-order valence-corrected chi connectivity index (χ1v) is 6.56. The Labute approximate surface area is 108 Å². The number of likely N-dealkylation sites (N-methyl/N-ethyl adjacent to an activating group) is 2. The van der Waals surface area contributed by atoms with Crippen molar-refractivity contribution in [3.63, 3.8) is 0 Å². The van der Waals surface area contributed by atoms with Gasteiger partial charge in [0.2, 0.25) is 5.89 Å². The highest BCUT2D eigenvalue weighted by molar-refractivity contribution is 5.29. The second kappa shape index (κ2) is 5.67. The zero-order chi connectivity index (χ0) is 13.1. The van der Waals surface area contributed by atoms with Crippen LogP contribution in [0.4, 0.5) is 5.95 Å². The highest BCUT2D eigenvalue weighted by Gasteiger charge is 2.23. The van der Waals surface area contributed by atoms with E-state index >= 15 is 0 Å². The minimum atomic E-state index is 0.226. The van der Waals surface area contributed by atoms with Crippen LogP contribution < -0.4 is 10.2 Å². The van der Waals surface area contributed by atoms with E-state index in [9.17, 15) is 0 Å². The predicted molar refractivity (Wildman–Crippen MR) is 70.9 cm³/mol. The van der Waals surface area contributed by atoms with Crippen molar-refractivity contribution in [1.29, 1.82) is 0 Å². The zero-order valence-corrected chi connectivity index (χ0v) is 11.7. The van der Waals surface area contributed by atoms with E-state index in [-0.39, 0.29) is 5.92 Å². The quantitative estimate of drug-likeness (QED) is 0.845. The van der Waals surface area contributed by atoms with Gasteiger partial charge in [-0.15, -0.1) is 0 Å². The third-order valence-corrected chi connectivity index (χ3v) is 3.81. The van der Waals surface area contributed by atoms with E-state index in [0.717, 1.165) is 32.1 Å². The summed E-state index contributed by atoms with van der Waals surface area (Å²) in [5, 5.41) is 7.31. The molecule has 1 aromatic rings. The minimum Gasteiger partial charge on any atom is -0.337 e. The first-order chi connectivity index (χ1) is 8.61. The molecule has 0 aromatic carbocycles. The summed E-state index contributed by atoms with van der Waals surface area (Å²) in [7, 11) is 4.08. The molecule has 6 nitrogen and oxygen atoms in total. The summed E-state index contributed by atoms with van der Waals surface area (Å²) >= 11 is 0. The summed E-state index contributed by atoms with van der Waals surface area (Å²) in [6.07, 6.45) is 0.